The second-order valence-electron chi connectivity index (χ2n) is 8.22. The van der Waals surface area contributed by atoms with Crippen molar-refractivity contribution in [1.82, 2.24) is 0 Å². The molecule has 7 nitrogen and oxygen atoms in total. The Labute approximate surface area is 149 Å². The average molecular weight is 354 g/mol. The molecule has 0 saturated heterocycles. The van der Waals surface area contributed by atoms with Crippen molar-refractivity contribution in [3.8, 4) is 0 Å². The summed E-state index contributed by atoms with van der Waals surface area (Å²) in [7, 11) is 0. The third-order valence-electron chi connectivity index (χ3n) is 3.04. The second kappa shape index (κ2) is 7.17. The van der Waals surface area contributed by atoms with Gasteiger partial charge in [-0.15, -0.1) is 0 Å². The van der Waals surface area contributed by atoms with Crippen molar-refractivity contribution in [2.75, 3.05) is 0 Å². The lowest BCUT2D eigenvalue weighted by atomic mass is 9.86. The maximum atomic E-state index is 12.6. The van der Waals surface area contributed by atoms with E-state index in [0.29, 0.717) is 0 Å². The van der Waals surface area contributed by atoms with Gasteiger partial charge in [-0.2, -0.15) is 0 Å². The molecule has 142 valence electrons. The Kier molecular flexibility index (Phi) is 6.08. The van der Waals surface area contributed by atoms with Gasteiger partial charge in [-0.05, 0) is 60.6 Å². The molecule has 1 rings (SSSR count). The lowest BCUT2D eigenvalue weighted by molar-refractivity contribution is -0.160. The molecule has 7 heteroatoms. The number of esters is 2. The van der Waals surface area contributed by atoms with Gasteiger partial charge in [-0.3, -0.25) is 5.73 Å². The van der Waals surface area contributed by atoms with Crippen molar-refractivity contribution in [1.29, 1.82) is 0 Å². The average Bonchev–Trinajstić information content (AvgIpc) is 2.36. The summed E-state index contributed by atoms with van der Waals surface area (Å²) >= 11 is 0. The number of nitrogens with two attached hydrogens (primary N) is 2. The van der Waals surface area contributed by atoms with Crippen molar-refractivity contribution >= 4 is 11.9 Å². The number of rotatable bonds is 4. The van der Waals surface area contributed by atoms with Gasteiger partial charge in [0.2, 0.25) is 0 Å². The van der Waals surface area contributed by atoms with Gasteiger partial charge in [-0.1, -0.05) is 0 Å². The number of hydrogen-bond donors (Lipinski definition) is 2. The van der Waals surface area contributed by atoms with Gasteiger partial charge >= 0.3 is 11.9 Å². The van der Waals surface area contributed by atoms with Crippen molar-refractivity contribution in [3.63, 3.8) is 0 Å². The molecule has 0 bridgehead atoms. The maximum absolute atomic E-state index is 12.6. The molecular weight excluding hydrogens is 324 g/mol. The fraction of sp³-hybridized carbons (Fsp3) is 0.667. The highest BCUT2D eigenvalue weighted by Crippen LogP contribution is 2.30. The van der Waals surface area contributed by atoms with Crippen LogP contribution in [-0.2, 0) is 23.8 Å². The molecule has 0 saturated carbocycles. The van der Waals surface area contributed by atoms with Crippen molar-refractivity contribution in [2.45, 2.75) is 77.9 Å². The predicted octanol–water partition coefficient (Wildman–Crippen LogP) is 1.90. The quantitative estimate of drug-likeness (QED) is 0.585. The standard InChI is InChI=1S/C18H30N2O5/c1-11(19)23-13-8-9-18(20,15(22)25-17(5,6)7)10-12(13)14(21)24-16(2,3)4/h8-9,11H,10,19-20H2,1-7H3. The summed E-state index contributed by atoms with van der Waals surface area (Å²) in [6.45, 7) is 12.1. The lowest BCUT2D eigenvalue weighted by Crippen LogP contribution is -2.51. The van der Waals surface area contributed by atoms with Gasteiger partial charge in [0.25, 0.3) is 0 Å². The minimum atomic E-state index is -1.48. The molecule has 0 aromatic heterocycles. The van der Waals surface area contributed by atoms with Crippen LogP contribution < -0.4 is 11.5 Å². The summed E-state index contributed by atoms with van der Waals surface area (Å²) in [4.78, 5) is 25.0. The van der Waals surface area contributed by atoms with Gasteiger partial charge in [0.05, 0.1) is 5.57 Å². The number of hydrogen-bond acceptors (Lipinski definition) is 7. The minimum Gasteiger partial charge on any atom is -0.475 e. The Balaban J connectivity index is 3.16. The van der Waals surface area contributed by atoms with E-state index in [1.807, 2.05) is 0 Å². The molecule has 0 fully saturated rings. The largest absolute Gasteiger partial charge is 0.475 e. The number of carbonyl (C=O) groups is 2. The zero-order valence-electron chi connectivity index (χ0n) is 16.1. The molecule has 0 radical (unpaired) electrons. The molecule has 0 spiro atoms. The van der Waals surface area contributed by atoms with Gasteiger partial charge in [0.15, 0.2) is 0 Å². The van der Waals surface area contributed by atoms with Crippen LogP contribution in [-0.4, -0.2) is 34.9 Å². The second-order valence-corrected chi connectivity index (χ2v) is 8.22. The monoisotopic (exact) mass is 354 g/mol. The minimum absolute atomic E-state index is 0.102. The predicted molar refractivity (Wildman–Crippen MR) is 94.1 cm³/mol. The van der Waals surface area contributed by atoms with Crippen molar-refractivity contribution < 1.29 is 23.8 Å². The highest BCUT2D eigenvalue weighted by molar-refractivity contribution is 5.94. The molecule has 4 N–H and O–H groups in total. The highest BCUT2D eigenvalue weighted by atomic mass is 16.6. The van der Waals surface area contributed by atoms with E-state index in [2.05, 4.69) is 0 Å². The smallest absolute Gasteiger partial charge is 0.338 e. The van der Waals surface area contributed by atoms with Crippen molar-refractivity contribution in [2.24, 2.45) is 11.5 Å². The molecule has 0 amide bonds. The third-order valence-corrected chi connectivity index (χ3v) is 3.04. The van der Waals surface area contributed by atoms with E-state index in [1.165, 1.54) is 12.2 Å². The van der Waals surface area contributed by atoms with E-state index in [1.54, 1.807) is 48.5 Å². The van der Waals surface area contributed by atoms with Crippen LogP contribution in [0.3, 0.4) is 0 Å². The summed E-state index contributed by atoms with van der Waals surface area (Å²) in [6.07, 6.45) is 2.20. The Morgan fingerprint density at radius 3 is 2.08 bits per heavy atom. The summed E-state index contributed by atoms with van der Waals surface area (Å²) in [6, 6.07) is 0. The number of ether oxygens (including phenoxy) is 3. The van der Waals surface area contributed by atoms with Crippen LogP contribution in [0.15, 0.2) is 23.5 Å². The van der Waals surface area contributed by atoms with Crippen LogP contribution in [0.4, 0.5) is 0 Å². The van der Waals surface area contributed by atoms with E-state index >= 15 is 0 Å². The first-order valence-electron chi connectivity index (χ1n) is 8.23. The topological polar surface area (TPSA) is 114 Å². The number of carbonyl (C=O) groups excluding carboxylic acids is 2. The number of allylic oxidation sites excluding steroid dienone is 1. The molecule has 0 aromatic rings. The molecular formula is C18H30N2O5. The zero-order valence-corrected chi connectivity index (χ0v) is 16.1. The van der Waals surface area contributed by atoms with E-state index < -0.39 is 34.9 Å². The van der Waals surface area contributed by atoms with E-state index in [-0.39, 0.29) is 17.8 Å². The third kappa shape index (κ3) is 6.51. The van der Waals surface area contributed by atoms with Crippen LogP contribution in [0, 0.1) is 0 Å². The molecule has 1 aliphatic carbocycles. The summed E-state index contributed by atoms with van der Waals surface area (Å²) in [5, 5.41) is 0. The van der Waals surface area contributed by atoms with Gasteiger partial charge < -0.3 is 19.9 Å². The summed E-state index contributed by atoms with van der Waals surface area (Å²) in [5.74, 6) is -0.989. The molecule has 25 heavy (non-hydrogen) atoms. The normalized spacial score (nSPS) is 22.4. The molecule has 0 aliphatic heterocycles. The van der Waals surface area contributed by atoms with E-state index in [9.17, 15) is 9.59 Å². The fourth-order valence-corrected chi connectivity index (χ4v) is 2.10. The first-order valence-corrected chi connectivity index (χ1v) is 8.23. The molecule has 2 unspecified atom stereocenters. The first kappa shape index (κ1) is 21.2. The van der Waals surface area contributed by atoms with Gasteiger partial charge in [0, 0.05) is 6.42 Å². The van der Waals surface area contributed by atoms with Crippen LogP contribution in [0.2, 0.25) is 0 Å². The first-order chi connectivity index (χ1) is 11.1. The molecule has 2 atom stereocenters. The summed E-state index contributed by atoms with van der Waals surface area (Å²) in [5.41, 5.74) is 9.14. The van der Waals surface area contributed by atoms with E-state index in [0.717, 1.165) is 0 Å². The van der Waals surface area contributed by atoms with Crippen molar-refractivity contribution in [3.05, 3.63) is 23.5 Å². The Bertz CT molecular complexity index is 594. The summed E-state index contributed by atoms with van der Waals surface area (Å²) < 4.78 is 16.2. The Morgan fingerprint density at radius 2 is 1.64 bits per heavy atom. The molecule has 0 heterocycles. The van der Waals surface area contributed by atoms with Crippen LogP contribution in [0.5, 0.6) is 0 Å². The van der Waals surface area contributed by atoms with Crippen LogP contribution in [0.25, 0.3) is 0 Å². The Morgan fingerprint density at radius 1 is 1.12 bits per heavy atom. The fourth-order valence-electron chi connectivity index (χ4n) is 2.10. The Hall–Kier alpha value is -1.86. The van der Waals surface area contributed by atoms with Crippen LogP contribution >= 0.6 is 0 Å². The van der Waals surface area contributed by atoms with Gasteiger partial charge in [0.1, 0.15) is 28.7 Å². The van der Waals surface area contributed by atoms with Gasteiger partial charge in [-0.25, -0.2) is 9.59 Å². The lowest BCUT2D eigenvalue weighted by Gasteiger charge is -2.33. The van der Waals surface area contributed by atoms with Crippen LogP contribution in [0.1, 0.15) is 54.9 Å². The van der Waals surface area contributed by atoms with E-state index in [4.69, 9.17) is 25.7 Å². The maximum Gasteiger partial charge on any atom is 0.338 e. The SMILES string of the molecule is CC(N)OC1=C(C(=O)OC(C)(C)C)CC(N)(C(=O)OC(C)(C)C)C=C1. The zero-order chi connectivity index (χ0) is 19.6. The molecule has 0 aromatic carbocycles. The highest BCUT2D eigenvalue weighted by Gasteiger charge is 2.42. The molecule has 1 aliphatic rings.